The number of aliphatic carboxylic acids is 1. The van der Waals surface area contributed by atoms with Crippen LogP contribution in [0.5, 0.6) is 0 Å². The van der Waals surface area contributed by atoms with Crippen molar-refractivity contribution in [1.82, 2.24) is 0 Å². The van der Waals surface area contributed by atoms with E-state index in [9.17, 15) is 9.59 Å². The number of hydrogen-bond acceptors (Lipinski definition) is 2. The molecular weight excluding hydrogens is 168 g/mol. The van der Waals surface area contributed by atoms with Gasteiger partial charge in [-0.1, -0.05) is 30.3 Å². The maximum Gasteiger partial charge on any atom is 0.311 e. The molecule has 67 valence electrons. The quantitative estimate of drug-likeness (QED) is 0.755. The zero-order valence-corrected chi connectivity index (χ0v) is 6.93. The highest BCUT2D eigenvalue weighted by Gasteiger charge is 2.18. The third kappa shape index (κ3) is 2.40. The Balaban J connectivity index is 2.88. The van der Waals surface area contributed by atoms with E-state index in [1.807, 2.05) is 0 Å². The highest BCUT2D eigenvalue weighted by Crippen LogP contribution is 2.17. The van der Waals surface area contributed by atoms with Gasteiger partial charge in [0.2, 0.25) is 0 Å². The Morgan fingerprint density at radius 1 is 1.38 bits per heavy atom. The molecule has 1 N–H and O–H groups in total. The average molecular weight is 177 g/mol. The van der Waals surface area contributed by atoms with E-state index in [1.165, 1.54) is 0 Å². The summed E-state index contributed by atoms with van der Waals surface area (Å²) < 4.78 is 0. The molecule has 0 aromatic heterocycles. The first-order chi connectivity index (χ1) is 6.25. The molecule has 0 amide bonds. The first-order valence-electron chi connectivity index (χ1n) is 3.88. The number of benzene rings is 1. The summed E-state index contributed by atoms with van der Waals surface area (Å²) in [5.74, 6) is -1.76. The van der Waals surface area contributed by atoms with Gasteiger partial charge in [-0.25, -0.2) is 0 Å². The molecule has 0 aliphatic heterocycles. The Hall–Kier alpha value is -1.64. The van der Waals surface area contributed by atoms with E-state index in [2.05, 4.69) is 0 Å². The van der Waals surface area contributed by atoms with Crippen LogP contribution in [-0.2, 0) is 9.59 Å². The van der Waals surface area contributed by atoms with Crippen molar-refractivity contribution in [2.75, 3.05) is 0 Å². The van der Waals surface area contributed by atoms with Crippen LogP contribution in [0.4, 0.5) is 0 Å². The molecule has 1 aromatic carbocycles. The zero-order chi connectivity index (χ0) is 9.68. The first kappa shape index (κ1) is 9.45. The fourth-order valence-electron chi connectivity index (χ4n) is 1.12. The second-order valence-electron chi connectivity index (χ2n) is 2.65. The molecule has 1 aromatic rings. The van der Waals surface area contributed by atoms with E-state index >= 15 is 0 Å². The predicted molar refractivity (Wildman–Crippen MR) is 47.1 cm³/mol. The molecule has 1 unspecified atom stereocenters. The minimum Gasteiger partial charge on any atom is -0.481 e. The largest absolute Gasteiger partial charge is 0.481 e. The normalized spacial score (nSPS) is 12.0. The Labute approximate surface area is 76.0 Å². The monoisotopic (exact) mass is 177 g/mol. The number of carbonyl (C=O) groups excluding carboxylic acids is 1. The third-order valence-corrected chi connectivity index (χ3v) is 1.79. The molecule has 3 nitrogen and oxygen atoms in total. The molecule has 0 spiro atoms. The Bertz CT molecular complexity index is 292. The maximum absolute atomic E-state index is 10.7. The van der Waals surface area contributed by atoms with Crippen LogP contribution in [0.1, 0.15) is 17.9 Å². The van der Waals surface area contributed by atoms with Crippen LogP contribution < -0.4 is 0 Å². The van der Waals surface area contributed by atoms with Gasteiger partial charge in [0.15, 0.2) is 6.29 Å². The fourth-order valence-corrected chi connectivity index (χ4v) is 1.12. The van der Waals surface area contributed by atoms with E-state index in [4.69, 9.17) is 5.11 Å². The van der Waals surface area contributed by atoms with Crippen LogP contribution in [0.2, 0.25) is 0 Å². The number of rotatable bonds is 4. The van der Waals surface area contributed by atoms with Gasteiger partial charge in [0.1, 0.15) is 0 Å². The highest BCUT2D eigenvalue weighted by atomic mass is 16.4. The summed E-state index contributed by atoms with van der Waals surface area (Å²) in [6.45, 7) is 0. The maximum atomic E-state index is 10.7. The van der Waals surface area contributed by atoms with Gasteiger partial charge in [-0.3, -0.25) is 9.59 Å². The Morgan fingerprint density at radius 3 is 2.46 bits per heavy atom. The molecule has 0 aliphatic carbocycles. The average Bonchev–Trinajstić information content (AvgIpc) is 2.15. The van der Waals surface area contributed by atoms with Gasteiger partial charge in [-0.15, -0.1) is 0 Å². The molecule has 0 saturated heterocycles. The number of carbonyl (C=O) groups is 1. The van der Waals surface area contributed by atoms with E-state index in [1.54, 1.807) is 36.6 Å². The second kappa shape index (κ2) is 4.40. The van der Waals surface area contributed by atoms with E-state index in [0.29, 0.717) is 5.56 Å². The van der Waals surface area contributed by atoms with E-state index in [0.717, 1.165) is 0 Å². The summed E-state index contributed by atoms with van der Waals surface area (Å²) in [5.41, 5.74) is 0.637. The molecule has 1 atom stereocenters. The van der Waals surface area contributed by atoms with Gasteiger partial charge in [-0.05, 0) is 5.56 Å². The third-order valence-electron chi connectivity index (χ3n) is 1.79. The lowest BCUT2D eigenvalue weighted by Gasteiger charge is -2.07. The van der Waals surface area contributed by atoms with Crippen molar-refractivity contribution in [3.8, 4) is 0 Å². The number of carboxylic acid groups (broad SMARTS) is 1. The Morgan fingerprint density at radius 2 is 2.00 bits per heavy atom. The van der Waals surface area contributed by atoms with Crippen molar-refractivity contribution >= 4 is 12.3 Å². The van der Waals surface area contributed by atoms with Gasteiger partial charge < -0.3 is 5.11 Å². The van der Waals surface area contributed by atoms with E-state index in [-0.39, 0.29) is 6.42 Å². The molecule has 0 fully saturated rings. The first-order valence-corrected chi connectivity index (χ1v) is 3.88. The fraction of sp³-hybridized carbons (Fsp3) is 0.200. The summed E-state index contributed by atoms with van der Waals surface area (Å²) in [5, 5.41) is 8.78. The molecule has 0 bridgehead atoms. The lowest BCUT2D eigenvalue weighted by atomic mass is 9.97. The Kier molecular flexibility index (Phi) is 3.20. The molecule has 0 heterocycles. The topological polar surface area (TPSA) is 54.4 Å². The van der Waals surface area contributed by atoms with Crippen LogP contribution in [0.3, 0.4) is 0 Å². The highest BCUT2D eigenvalue weighted by molar-refractivity contribution is 5.79. The smallest absolute Gasteiger partial charge is 0.311 e. The summed E-state index contributed by atoms with van der Waals surface area (Å²) in [6.07, 6.45) is 1.52. The summed E-state index contributed by atoms with van der Waals surface area (Å²) in [6, 6.07) is 8.67. The standard InChI is InChI=1S/C10H9O3/c11-7-6-9(10(12)13)8-4-2-1-3-5-8/h1-5,9H,6H2,(H,12,13). The second-order valence-corrected chi connectivity index (χ2v) is 2.65. The van der Waals surface area contributed by atoms with Gasteiger partial charge in [-0.2, -0.15) is 0 Å². The van der Waals surface area contributed by atoms with Gasteiger partial charge in [0, 0.05) is 6.42 Å². The molecular formula is C10H9O3. The van der Waals surface area contributed by atoms with Gasteiger partial charge >= 0.3 is 5.97 Å². The number of hydrogen-bond donors (Lipinski definition) is 1. The minimum absolute atomic E-state index is 0.0979. The molecule has 0 saturated carbocycles. The van der Waals surface area contributed by atoms with E-state index < -0.39 is 11.9 Å². The van der Waals surface area contributed by atoms with Crippen molar-refractivity contribution in [2.24, 2.45) is 0 Å². The summed E-state index contributed by atoms with van der Waals surface area (Å²) in [4.78, 5) is 20.8. The van der Waals surface area contributed by atoms with Crippen LogP contribution in [0, 0.1) is 0 Å². The summed E-state index contributed by atoms with van der Waals surface area (Å²) in [7, 11) is 0. The zero-order valence-electron chi connectivity index (χ0n) is 6.93. The number of carboxylic acids is 1. The lowest BCUT2D eigenvalue weighted by molar-refractivity contribution is -0.138. The molecule has 3 heteroatoms. The van der Waals surface area contributed by atoms with Crippen LogP contribution in [-0.4, -0.2) is 17.4 Å². The lowest BCUT2D eigenvalue weighted by Crippen LogP contribution is -2.11. The van der Waals surface area contributed by atoms with Crippen molar-refractivity contribution in [3.63, 3.8) is 0 Å². The van der Waals surface area contributed by atoms with Crippen LogP contribution in [0.25, 0.3) is 0 Å². The van der Waals surface area contributed by atoms with Gasteiger partial charge in [0.25, 0.3) is 0 Å². The van der Waals surface area contributed by atoms with Crippen LogP contribution >= 0.6 is 0 Å². The molecule has 1 radical (unpaired) electrons. The minimum atomic E-state index is -0.991. The molecule has 0 aliphatic rings. The van der Waals surface area contributed by atoms with Crippen molar-refractivity contribution in [3.05, 3.63) is 35.9 Å². The molecule has 13 heavy (non-hydrogen) atoms. The predicted octanol–water partition coefficient (Wildman–Crippen LogP) is 1.35. The summed E-state index contributed by atoms with van der Waals surface area (Å²) >= 11 is 0. The van der Waals surface area contributed by atoms with Crippen LogP contribution in [0.15, 0.2) is 30.3 Å². The van der Waals surface area contributed by atoms with Crippen molar-refractivity contribution < 1.29 is 14.7 Å². The van der Waals surface area contributed by atoms with Crippen molar-refractivity contribution in [1.29, 1.82) is 0 Å². The van der Waals surface area contributed by atoms with Gasteiger partial charge in [0.05, 0.1) is 5.92 Å². The van der Waals surface area contributed by atoms with Crippen molar-refractivity contribution in [2.45, 2.75) is 12.3 Å². The SMILES string of the molecule is O=[C]CC(C(=O)O)c1ccccc1. The molecule has 1 rings (SSSR count).